The van der Waals surface area contributed by atoms with Gasteiger partial charge in [0.1, 0.15) is 5.52 Å². The van der Waals surface area contributed by atoms with Crippen LogP contribution in [0.25, 0.3) is 11.1 Å². The van der Waals surface area contributed by atoms with E-state index in [1.54, 1.807) is 12.4 Å². The topological polar surface area (TPSA) is 51.8 Å². The first-order valence-electron chi connectivity index (χ1n) is 2.59. The van der Waals surface area contributed by atoms with Gasteiger partial charge in [0.05, 0.1) is 12.4 Å². The van der Waals surface area contributed by atoms with Crippen LogP contribution in [0, 0.1) is 0 Å². The highest BCUT2D eigenvalue weighted by Gasteiger charge is 1.99. The Morgan fingerprint density at radius 3 is 3.20 bits per heavy atom. The van der Waals surface area contributed by atoms with Gasteiger partial charge in [0, 0.05) is 0 Å². The Morgan fingerprint density at radius 2 is 2.30 bits per heavy atom. The fourth-order valence-electron chi connectivity index (χ4n) is 0.657. The SMILES string of the molecule is Brc1ncc2oncc2n1. The second-order valence-corrected chi connectivity index (χ2v) is 2.42. The first kappa shape index (κ1) is 5.79. The van der Waals surface area contributed by atoms with Crippen LogP contribution in [-0.4, -0.2) is 15.1 Å². The molecule has 0 N–H and O–H groups in total. The van der Waals surface area contributed by atoms with Gasteiger partial charge in [-0.3, -0.25) is 0 Å². The van der Waals surface area contributed by atoms with E-state index in [0.717, 1.165) is 0 Å². The van der Waals surface area contributed by atoms with E-state index in [2.05, 4.69) is 31.1 Å². The molecule has 0 saturated heterocycles. The van der Waals surface area contributed by atoms with E-state index in [1.807, 2.05) is 0 Å². The molecule has 0 spiro atoms. The first-order valence-corrected chi connectivity index (χ1v) is 3.38. The number of halogens is 1. The van der Waals surface area contributed by atoms with E-state index in [1.165, 1.54) is 0 Å². The van der Waals surface area contributed by atoms with Crippen molar-refractivity contribution < 1.29 is 4.52 Å². The van der Waals surface area contributed by atoms with Crippen LogP contribution in [0.5, 0.6) is 0 Å². The predicted molar refractivity (Wildman–Crippen MR) is 37.3 cm³/mol. The third-order valence-corrected chi connectivity index (χ3v) is 1.46. The van der Waals surface area contributed by atoms with Crippen molar-refractivity contribution in [2.75, 3.05) is 0 Å². The molecule has 0 aliphatic carbocycles. The second kappa shape index (κ2) is 2.02. The van der Waals surface area contributed by atoms with Crippen LogP contribution in [0.15, 0.2) is 21.7 Å². The molecular weight excluding hydrogens is 198 g/mol. The second-order valence-electron chi connectivity index (χ2n) is 1.71. The van der Waals surface area contributed by atoms with Crippen molar-refractivity contribution in [2.45, 2.75) is 0 Å². The molecule has 0 fully saturated rings. The predicted octanol–water partition coefficient (Wildman–Crippen LogP) is 1.38. The van der Waals surface area contributed by atoms with Gasteiger partial charge in [-0.05, 0) is 15.9 Å². The van der Waals surface area contributed by atoms with Gasteiger partial charge in [0.15, 0.2) is 4.73 Å². The van der Waals surface area contributed by atoms with E-state index >= 15 is 0 Å². The minimum Gasteiger partial charge on any atom is -0.353 e. The molecule has 5 heteroatoms. The monoisotopic (exact) mass is 199 g/mol. The standard InChI is InChI=1S/C5H2BrN3O/c6-5-7-2-4-3(9-5)1-8-10-4/h1-2H. The lowest BCUT2D eigenvalue weighted by molar-refractivity contribution is 0.455. The molecular formula is C5H2BrN3O. The summed E-state index contributed by atoms with van der Waals surface area (Å²) in [6.45, 7) is 0. The normalized spacial score (nSPS) is 10.5. The molecule has 10 heavy (non-hydrogen) atoms. The lowest BCUT2D eigenvalue weighted by Crippen LogP contribution is -1.78. The Labute approximate surface area is 64.4 Å². The van der Waals surface area contributed by atoms with Gasteiger partial charge in [-0.15, -0.1) is 0 Å². The molecule has 0 saturated carbocycles. The van der Waals surface area contributed by atoms with Crippen molar-refractivity contribution in [3.05, 3.63) is 17.1 Å². The zero-order valence-corrected chi connectivity index (χ0v) is 6.37. The molecule has 0 bridgehead atoms. The summed E-state index contributed by atoms with van der Waals surface area (Å²) in [6, 6.07) is 0. The summed E-state index contributed by atoms with van der Waals surface area (Å²) in [5.74, 6) is 0. The van der Waals surface area contributed by atoms with Crippen LogP contribution in [0.1, 0.15) is 0 Å². The van der Waals surface area contributed by atoms with Crippen molar-refractivity contribution in [2.24, 2.45) is 0 Å². The zero-order chi connectivity index (χ0) is 6.97. The Morgan fingerprint density at radius 1 is 1.40 bits per heavy atom. The van der Waals surface area contributed by atoms with Crippen molar-refractivity contribution in [1.82, 2.24) is 15.1 Å². The Bertz CT molecular complexity index is 358. The molecule has 4 nitrogen and oxygen atoms in total. The summed E-state index contributed by atoms with van der Waals surface area (Å²) in [4.78, 5) is 7.84. The molecule has 50 valence electrons. The largest absolute Gasteiger partial charge is 0.353 e. The van der Waals surface area contributed by atoms with Gasteiger partial charge >= 0.3 is 0 Å². The molecule has 0 unspecified atom stereocenters. The Balaban J connectivity index is 2.86. The third kappa shape index (κ3) is 0.786. The van der Waals surface area contributed by atoms with Gasteiger partial charge in [-0.2, -0.15) is 0 Å². The maximum atomic E-state index is 4.78. The fraction of sp³-hybridized carbons (Fsp3) is 0. The average Bonchev–Trinajstić information content (AvgIpc) is 2.33. The summed E-state index contributed by atoms with van der Waals surface area (Å²) in [6.07, 6.45) is 3.11. The maximum Gasteiger partial charge on any atom is 0.203 e. The summed E-state index contributed by atoms with van der Waals surface area (Å²) in [7, 11) is 0. The lowest BCUT2D eigenvalue weighted by atomic mass is 10.5. The summed E-state index contributed by atoms with van der Waals surface area (Å²) in [5.41, 5.74) is 1.31. The van der Waals surface area contributed by atoms with Gasteiger partial charge < -0.3 is 4.52 Å². The van der Waals surface area contributed by atoms with Crippen LogP contribution in [0.3, 0.4) is 0 Å². The van der Waals surface area contributed by atoms with Crippen LogP contribution in [0.2, 0.25) is 0 Å². The smallest absolute Gasteiger partial charge is 0.203 e. The summed E-state index contributed by atoms with van der Waals surface area (Å²) in [5, 5.41) is 3.54. The minimum atomic E-state index is 0.545. The molecule has 0 amide bonds. The number of nitrogens with zero attached hydrogens (tertiary/aromatic N) is 3. The minimum absolute atomic E-state index is 0.545. The molecule has 0 radical (unpaired) electrons. The van der Waals surface area contributed by atoms with E-state index in [-0.39, 0.29) is 0 Å². The van der Waals surface area contributed by atoms with Crippen molar-refractivity contribution in [1.29, 1.82) is 0 Å². The van der Waals surface area contributed by atoms with Gasteiger partial charge in [0.25, 0.3) is 0 Å². The van der Waals surface area contributed by atoms with Gasteiger partial charge in [0.2, 0.25) is 5.58 Å². The molecule has 0 aromatic carbocycles. The highest BCUT2D eigenvalue weighted by Crippen LogP contribution is 2.10. The lowest BCUT2D eigenvalue weighted by Gasteiger charge is -1.84. The molecule has 0 aliphatic rings. The van der Waals surface area contributed by atoms with Crippen LogP contribution >= 0.6 is 15.9 Å². The van der Waals surface area contributed by atoms with E-state index in [4.69, 9.17) is 4.52 Å². The number of aromatic nitrogens is 3. The molecule has 2 rings (SSSR count). The van der Waals surface area contributed by atoms with Crippen molar-refractivity contribution >= 4 is 27.0 Å². The molecule has 0 atom stereocenters. The van der Waals surface area contributed by atoms with Crippen molar-refractivity contribution in [3.63, 3.8) is 0 Å². The quantitative estimate of drug-likeness (QED) is 0.602. The Kier molecular flexibility index (Phi) is 1.17. The van der Waals surface area contributed by atoms with Gasteiger partial charge in [-0.25, -0.2) is 9.97 Å². The number of hydrogen-bond donors (Lipinski definition) is 0. The third-order valence-electron chi connectivity index (χ3n) is 1.08. The fourth-order valence-corrected chi connectivity index (χ4v) is 0.951. The molecule has 0 aliphatic heterocycles. The van der Waals surface area contributed by atoms with Crippen molar-refractivity contribution in [3.8, 4) is 0 Å². The van der Waals surface area contributed by atoms with E-state index < -0.39 is 0 Å². The molecule has 2 aromatic heterocycles. The number of fused-ring (bicyclic) bond motifs is 1. The first-order chi connectivity index (χ1) is 4.86. The van der Waals surface area contributed by atoms with E-state index in [0.29, 0.717) is 15.8 Å². The number of hydrogen-bond acceptors (Lipinski definition) is 4. The Hall–Kier alpha value is -0.970. The van der Waals surface area contributed by atoms with Crippen LogP contribution in [-0.2, 0) is 0 Å². The average molecular weight is 200 g/mol. The summed E-state index contributed by atoms with van der Waals surface area (Å²) >= 11 is 3.13. The van der Waals surface area contributed by atoms with Crippen LogP contribution in [0.4, 0.5) is 0 Å². The summed E-state index contributed by atoms with van der Waals surface area (Å²) < 4.78 is 5.32. The zero-order valence-electron chi connectivity index (χ0n) is 4.78. The van der Waals surface area contributed by atoms with E-state index in [9.17, 15) is 0 Å². The van der Waals surface area contributed by atoms with Crippen LogP contribution < -0.4 is 0 Å². The van der Waals surface area contributed by atoms with Gasteiger partial charge in [-0.1, -0.05) is 5.16 Å². The molecule has 2 heterocycles. The highest BCUT2D eigenvalue weighted by atomic mass is 79.9. The maximum absolute atomic E-state index is 4.78. The highest BCUT2D eigenvalue weighted by molar-refractivity contribution is 9.10. The number of rotatable bonds is 0. The molecule has 2 aromatic rings.